The Morgan fingerprint density at radius 3 is 2.76 bits per heavy atom. The number of amides is 1. The van der Waals surface area contributed by atoms with Crippen molar-refractivity contribution in [2.75, 3.05) is 6.54 Å². The topological polar surface area (TPSA) is 68.0 Å². The van der Waals surface area contributed by atoms with Crippen molar-refractivity contribution in [1.29, 1.82) is 0 Å². The first-order chi connectivity index (χ1) is 10.1. The minimum atomic E-state index is -0.298. The maximum Gasteiger partial charge on any atom is 0.263 e. The van der Waals surface area contributed by atoms with E-state index in [9.17, 15) is 4.79 Å². The monoisotopic (exact) mass is 301 g/mol. The first-order valence-electron chi connectivity index (χ1n) is 7.16. The Bertz CT molecular complexity index is 636. The second kappa shape index (κ2) is 5.58. The van der Waals surface area contributed by atoms with Gasteiger partial charge < -0.3 is 11.1 Å². The van der Waals surface area contributed by atoms with Gasteiger partial charge in [0, 0.05) is 12.1 Å². The van der Waals surface area contributed by atoms with Crippen LogP contribution in [0.3, 0.4) is 0 Å². The van der Waals surface area contributed by atoms with Crippen LogP contribution in [-0.2, 0) is 0 Å². The van der Waals surface area contributed by atoms with Gasteiger partial charge in [-0.2, -0.15) is 0 Å². The van der Waals surface area contributed by atoms with E-state index in [1.165, 1.54) is 11.3 Å². The molecule has 1 heterocycles. The van der Waals surface area contributed by atoms with Gasteiger partial charge in [0.15, 0.2) is 0 Å². The number of hydrogen-bond acceptors (Lipinski definition) is 4. The summed E-state index contributed by atoms with van der Waals surface area (Å²) in [5.74, 6) is 0.433. The first kappa shape index (κ1) is 14.2. The number of rotatable bonds is 5. The summed E-state index contributed by atoms with van der Waals surface area (Å²) in [6.07, 6.45) is 3.93. The minimum absolute atomic E-state index is 0.0745. The largest absolute Gasteiger partial charge is 0.345 e. The van der Waals surface area contributed by atoms with Crippen LogP contribution in [0, 0.1) is 5.92 Å². The Morgan fingerprint density at radius 2 is 2.14 bits per heavy atom. The molecule has 1 aliphatic carbocycles. The summed E-state index contributed by atoms with van der Waals surface area (Å²) >= 11 is 1.41. The van der Waals surface area contributed by atoms with E-state index in [0.717, 1.165) is 23.4 Å². The van der Waals surface area contributed by atoms with Crippen LogP contribution in [0.1, 0.15) is 29.4 Å². The number of carbonyl (C=O) groups excluding carboxylic acids is 1. The Kier molecular flexibility index (Phi) is 3.78. The third-order valence-corrected chi connectivity index (χ3v) is 5.10. The molecule has 1 aromatic carbocycles. The molecule has 3 rings (SSSR count). The van der Waals surface area contributed by atoms with Crippen LogP contribution in [0.4, 0.5) is 0 Å². The third-order valence-electron chi connectivity index (χ3n) is 4.05. The van der Waals surface area contributed by atoms with Crippen LogP contribution in [0.25, 0.3) is 10.6 Å². The molecule has 21 heavy (non-hydrogen) atoms. The molecular formula is C16H19N3OS. The maximum atomic E-state index is 12.4. The summed E-state index contributed by atoms with van der Waals surface area (Å²) in [5, 5.41) is 3.96. The van der Waals surface area contributed by atoms with Crippen molar-refractivity contribution in [1.82, 2.24) is 10.3 Å². The highest BCUT2D eigenvalue weighted by molar-refractivity contribution is 7.16. The van der Waals surface area contributed by atoms with Gasteiger partial charge in [0.1, 0.15) is 9.88 Å². The number of benzene rings is 1. The molecule has 2 aromatic rings. The predicted octanol–water partition coefficient (Wildman–Crippen LogP) is 2.67. The van der Waals surface area contributed by atoms with Gasteiger partial charge in [-0.05, 0) is 25.7 Å². The van der Waals surface area contributed by atoms with Crippen LogP contribution >= 0.6 is 11.3 Å². The van der Waals surface area contributed by atoms with Crippen molar-refractivity contribution in [3.63, 3.8) is 0 Å². The second-order valence-corrected chi connectivity index (χ2v) is 6.78. The standard InChI is InChI=1S/C16H19N3OS/c1-16(10-17,12-7-8-12)19-14(20)13-9-18-15(21-13)11-5-3-2-4-6-11/h2-6,9,12H,7-8,10,17H2,1H3,(H,19,20). The van der Waals surface area contributed by atoms with Gasteiger partial charge in [0.25, 0.3) is 5.91 Å². The molecule has 0 spiro atoms. The molecule has 0 bridgehead atoms. The number of nitrogens with two attached hydrogens (primary N) is 1. The zero-order chi connectivity index (χ0) is 14.9. The van der Waals surface area contributed by atoms with Crippen LogP contribution in [0.2, 0.25) is 0 Å². The van der Waals surface area contributed by atoms with Crippen molar-refractivity contribution in [3.8, 4) is 10.6 Å². The molecule has 1 aliphatic rings. The SMILES string of the molecule is CC(CN)(NC(=O)c1cnc(-c2ccccc2)s1)C1CC1. The van der Waals surface area contributed by atoms with Gasteiger partial charge >= 0.3 is 0 Å². The molecule has 1 fully saturated rings. The van der Waals surface area contributed by atoms with Crippen molar-refractivity contribution >= 4 is 17.2 Å². The van der Waals surface area contributed by atoms with Crippen LogP contribution in [-0.4, -0.2) is 23.0 Å². The third kappa shape index (κ3) is 2.99. The highest BCUT2D eigenvalue weighted by atomic mass is 32.1. The molecule has 0 saturated heterocycles. The molecule has 1 atom stereocenters. The van der Waals surface area contributed by atoms with Crippen molar-refractivity contribution < 1.29 is 4.79 Å². The second-order valence-electron chi connectivity index (χ2n) is 5.75. The van der Waals surface area contributed by atoms with Gasteiger partial charge in [-0.3, -0.25) is 4.79 Å². The van der Waals surface area contributed by atoms with E-state index in [0.29, 0.717) is 17.3 Å². The Labute approximate surface area is 128 Å². The van der Waals surface area contributed by atoms with Gasteiger partial charge in [0.2, 0.25) is 0 Å². The molecule has 5 heteroatoms. The number of nitrogens with zero attached hydrogens (tertiary/aromatic N) is 1. The maximum absolute atomic E-state index is 12.4. The fraction of sp³-hybridized carbons (Fsp3) is 0.375. The zero-order valence-electron chi connectivity index (χ0n) is 12.0. The molecule has 3 N–H and O–H groups in total. The summed E-state index contributed by atoms with van der Waals surface area (Å²) in [4.78, 5) is 17.4. The minimum Gasteiger partial charge on any atom is -0.345 e. The van der Waals surface area contributed by atoms with Gasteiger partial charge in [-0.1, -0.05) is 30.3 Å². The fourth-order valence-electron chi connectivity index (χ4n) is 2.45. The molecule has 1 amide bonds. The Hall–Kier alpha value is -1.72. The summed E-state index contributed by atoms with van der Waals surface area (Å²) < 4.78 is 0. The first-order valence-corrected chi connectivity index (χ1v) is 7.98. The summed E-state index contributed by atoms with van der Waals surface area (Å²) in [6.45, 7) is 2.50. The highest BCUT2D eigenvalue weighted by Crippen LogP contribution is 2.39. The lowest BCUT2D eigenvalue weighted by Crippen LogP contribution is -2.53. The molecular weight excluding hydrogens is 282 g/mol. The Morgan fingerprint density at radius 1 is 1.43 bits per heavy atom. The van der Waals surface area contributed by atoms with E-state index >= 15 is 0 Å². The number of carbonyl (C=O) groups is 1. The average molecular weight is 301 g/mol. The van der Waals surface area contributed by atoms with Crippen LogP contribution in [0.15, 0.2) is 36.5 Å². The quantitative estimate of drug-likeness (QED) is 0.892. The van der Waals surface area contributed by atoms with E-state index in [-0.39, 0.29) is 11.4 Å². The molecule has 0 aliphatic heterocycles. The summed E-state index contributed by atoms with van der Waals surface area (Å²) in [5.41, 5.74) is 6.58. The predicted molar refractivity (Wildman–Crippen MR) is 85.2 cm³/mol. The van der Waals surface area contributed by atoms with Crippen molar-refractivity contribution in [2.45, 2.75) is 25.3 Å². The molecule has 110 valence electrons. The number of hydrogen-bond donors (Lipinski definition) is 2. The summed E-state index contributed by atoms with van der Waals surface area (Å²) in [7, 11) is 0. The van der Waals surface area contributed by atoms with Crippen molar-refractivity contribution in [3.05, 3.63) is 41.4 Å². The molecule has 4 nitrogen and oxygen atoms in total. The number of nitrogens with one attached hydrogen (secondary N) is 1. The lowest BCUT2D eigenvalue weighted by molar-refractivity contribution is 0.0902. The van der Waals surface area contributed by atoms with Gasteiger partial charge in [0.05, 0.1) is 11.7 Å². The van der Waals surface area contributed by atoms with E-state index < -0.39 is 0 Å². The smallest absolute Gasteiger partial charge is 0.263 e. The fourth-order valence-corrected chi connectivity index (χ4v) is 3.27. The molecule has 1 unspecified atom stereocenters. The lowest BCUT2D eigenvalue weighted by atomic mass is 9.96. The van der Waals surface area contributed by atoms with E-state index in [1.54, 1.807) is 6.20 Å². The van der Waals surface area contributed by atoms with Gasteiger partial charge in [-0.25, -0.2) is 4.98 Å². The highest BCUT2D eigenvalue weighted by Gasteiger charge is 2.41. The average Bonchev–Trinajstić information content (AvgIpc) is 3.26. The van der Waals surface area contributed by atoms with Crippen LogP contribution < -0.4 is 11.1 Å². The summed E-state index contributed by atoms with van der Waals surface area (Å²) in [6, 6.07) is 9.89. The van der Waals surface area contributed by atoms with Crippen molar-refractivity contribution in [2.24, 2.45) is 11.7 Å². The van der Waals surface area contributed by atoms with E-state index in [4.69, 9.17) is 5.73 Å². The number of thiazole rings is 1. The lowest BCUT2D eigenvalue weighted by Gasteiger charge is -2.29. The zero-order valence-corrected chi connectivity index (χ0v) is 12.8. The Balaban J connectivity index is 1.75. The van der Waals surface area contributed by atoms with E-state index in [2.05, 4.69) is 10.3 Å². The number of aromatic nitrogens is 1. The molecule has 0 radical (unpaired) electrons. The normalized spacial score (nSPS) is 17.2. The van der Waals surface area contributed by atoms with Gasteiger partial charge in [-0.15, -0.1) is 11.3 Å². The molecule has 1 aromatic heterocycles. The van der Waals surface area contributed by atoms with E-state index in [1.807, 2.05) is 37.3 Å². The van der Waals surface area contributed by atoms with Crippen LogP contribution in [0.5, 0.6) is 0 Å². The molecule has 1 saturated carbocycles.